The lowest BCUT2D eigenvalue weighted by molar-refractivity contribution is 0.000188. The molecule has 1 heterocycles. The minimum atomic E-state index is -0.484. The molecule has 0 bridgehead atoms. The average Bonchev–Trinajstić information content (AvgIpc) is 2.67. The molecule has 0 atom stereocenters. The highest BCUT2D eigenvalue weighted by Crippen LogP contribution is 2.28. The normalized spacial score (nSPS) is 14.2. The molecule has 1 aliphatic heterocycles. The summed E-state index contributed by atoms with van der Waals surface area (Å²) in [7, 11) is 2.01. The maximum Gasteiger partial charge on any atom is 0.410 e. The zero-order valence-electron chi connectivity index (χ0n) is 18.9. The van der Waals surface area contributed by atoms with Crippen LogP contribution in [0.3, 0.4) is 0 Å². The topological polar surface area (TPSA) is 62.2 Å². The monoisotopic (exact) mass is 524 g/mol. The second-order valence-corrected chi connectivity index (χ2v) is 10.4. The summed E-state index contributed by atoms with van der Waals surface area (Å²) in [5.74, 6) is 1.05. The summed E-state index contributed by atoms with van der Waals surface area (Å²) in [4.78, 5) is 16.0. The van der Waals surface area contributed by atoms with Gasteiger partial charge in [0.1, 0.15) is 18.0 Å². The van der Waals surface area contributed by atoms with E-state index in [1.807, 2.05) is 64.2 Å². The average molecular weight is 526 g/mol. The van der Waals surface area contributed by atoms with Crippen molar-refractivity contribution in [3.8, 4) is 5.75 Å². The van der Waals surface area contributed by atoms with Crippen molar-refractivity contribution in [1.29, 1.82) is 0 Å². The van der Waals surface area contributed by atoms with Gasteiger partial charge in [-0.2, -0.15) is 0 Å². The first-order chi connectivity index (χ1) is 15.0. The second kappa shape index (κ2) is 10.3. The fourth-order valence-corrected chi connectivity index (χ4v) is 4.29. The number of aliphatic hydroxyl groups is 1. The van der Waals surface area contributed by atoms with Gasteiger partial charge >= 0.3 is 6.09 Å². The summed E-state index contributed by atoms with van der Waals surface area (Å²) in [5.41, 5.74) is 2.23. The Morgan fingerprint density at radius 2 is 1.97 bits per heavy atom. The number of benzene rings is 2. The molecule has 1 amide bonds. The van der Waals surface area contributed by atoms with Crippen molar-refractivity contribution in [2.75, 3.05) is 31.6 Å². The van der Waals surface area contributed by atoms with Gasteiger partial charge in [0.15, 0.2) is 0 Å². The molecule has 0 saturated carbocycles. The number of hydrogen-bond acceptors (Lipinski definition) is 5. The first-order valence-corrected chi connectivity index (χ1v) is 11.7. The fourth-order valence-electron chi connectivity index (χ4n) is 3.49. The lowest BCUT2D eigenvalue weighted by Gasteiger charge is -2.41. The Bertz CT molecular complexity index is 958. The third kappa shape index (κ3) is 6.77. The first kappa shape index (κ1) is 24.7. The van der Waals surface area contributed by atoms with E-state index < -0.39 is 5.60 Å². The molecular weight excluding hydrogens is 496 g/mol. The van der Waals surface area contributed by atoms with Crippen molar-refractivity contribution in [2.24, 2.45) is 5.92 Å². The van der Waals surface area contributed by atoms with Crippen LogP contribution in [-0.2, 0) is 18.0 Å². The molecule has 8 heteroatoms. The number of ether oxygens (including phenoxy) is 2. The van der Waals surface area contributed by atoms with Crippen molar-refractivity contribution >= 4 is 39.3 Å². The van der Waals surface area contributed by atoms with Gasteiger partial charge in [0.05, 0.1) is 6.61 Å². The van der Waals surface area contributed by atoms with Gasteiger partial charge < -0.3 is 24.4 Å². The molecule has 0 radical (unpaired) electrons. The minimum Gasteiger partial charge on any atom is -0.489 e. The number of carbonyl (C=O) groups excluding carboxylic acids is 1. The molecule has 3 rings (SSSR count). The van der Waals surface area contributed by atoms with Gasteiger partial charge in [0.25, 0.3) is 0 Å². The molecule has 1 saturated heterocycles. The highest BCUT2D eigenvalue weighted by atomic mass is 79.9. The van der Waals surface area contributed by atoms with Crippen LogP contribution in [0.5, 0.6) is 5.75 Å². The van der Waals surface area contributed by atoms with Crippen LogP contribution in [0.25, 0.3) is 0 Å². The van der Waals surface area contributed by atoms with E-state index in [9.17, 15) is 9.90 Å². The Labute approximate surface area is 203 Å². The van der Waals surface area contributed by atoms with Gasteiger partial charge in [0.2, 0.25) is 0 Å². The molecule has 174 valence electrons. The maximum absolute atomic E-state index is 12.1. The Hall–Kier alpha value is -1.96. The summed E-state index contributed by atoms with van der Waals surface area (Å²) in [6.45, 7) is 8.05. The quantitative estimate of drug-likeness (QED) is 0.519. The van der Waals surface area contributed by atoms with Crippen LogP contribution < -0.4 is 9.64 Å². The molecule has 1 fully saturated rings. The van der Waals surface area contributed by atoms with Crippen molar-refractivity contribution < 1.29 is 19.4 Å². The van der Waals surface area contributed by atoms with Crippen LogP contribution in [-0.4, -0.2) is 48.4 Å². The Balaban J connectivity index is 1.59. The Morgan fingerprint density at radius 1 is 1.25 bits per heavy atom. The Kier molecular flexibility index (Phi) is 7.96. The lowest BCUT2D eigenvalue weighted by atomic mass is 10.00. The number of nitrogens with zero attached hydrogens (tertiary/aromatic N) is 2. The highest BCUT2D eigenvalue weighted by Gasteiger charge is 2.34. The number of amides is 1. The largest absolute Gasteiger partial charge is 0.489 e. The predicted octanol–water partition coefficient (Wildman–Crippen LogP) is 5.48. The SMILES string of the molecule is CN(CC1CN(C(=O)OC(C)(C)C)C1)c1cc(CO)cc(OCc2ccc(Cl)cc2Br)c1. The van der Waals surface area contributed by atoms with E-state index in [-0.39, 0.29) is 12.7 Å². The summed E-state index contributed by atoms with van der Waals surface area (Å²) in [5, 5.41) is 10.4. The number of likely N-dealkylation sites (tertiary alicyclic amines) is 1. The standard InChI is InChI=1S/C24H30BrClN2O4/c1-24(2,3)32-23(30)28-12-17(13-28)11-27(4)20-7-16(14-29)8-21(10-20)31-15-18-5-6-19(26)9-22(18)25/h5-10,17,29H,11-15H2,1-4H3. The van der Waals surface area contributed by atoms with E-state index in [1.165, 1.54) is 0 Å². The van der Waals surface area contributed by atoms with Crippen LogP contribution >= 0.6 is 27.5 Å². The number of aliphatic hydroxyl groups excluding tert-OH is 1. The smallest absolute Gasteiger partial charge is 0.410 e. The molecule has 0 aliphatic carbocycles. The van der Waals surface area contributed by atoms with E-state index in [2.05, 4.69) is 20.8 Å². The predicted molar refractivity (Wildman–Crippen MR) is 130 cm³/mol. The zero-order chi connectivity index (χ0) is 23.5. The van der Waals surface area contributed by atoms with Gasteiger partial charge in [0, 0.05) is 59.4 Å². The number of halogens is 2. The molecule has 32 heavy (non-hydrogen) atoms. The molecule has 0 spiro atoms. The Morgan fingerprint density at radius 3 is 2.59 bits per heavy atom. The van der Waals surface area contributed by atoms with E-state index in [0.717, 1.165) is 27.8 Å². The van der Waals surface area contributed by atoms with Gasteiger partial charge in [-0.15, -0.1) is 0 Å². The number of rotatable bonds is 7. The van der Waals surface area contributed by atoms with E-state index >= 15 is 0 Å². The van der Waals surface area contributed by atoms with Gasteiger partial charge in [-0.1, -0.05) is 33.6 Å². The van der Waals surface area contributed by atoms with Crippen molar-refractivity contribution in [3.05, 3.63) is 57.0 Å². The molecule has 2 aromatic carbocycles. The van der Waals surface area contributed by atoms with Crippen molar-refractivity contribution in [2.45, 2.75) is 39.6 Å². The second-order valence-electron chi connectivity index (χ2n) is 9.15. The number of carbonyl (C=O) groups is 1. The number of hydrogen-bond donors (Lipinski definition) is 1. The van der Waals surface area contributed by atoms with Gasteiger partial charge in [-0.3, -0.25) is 0 Å². The minimum absolute atomic E-state index is 0.0709. The summed E-state index contributed by atoms with van der Waals surface area (Å²) >= 11 is 9.52. The van der Waals surface area contributed by atoms with Crippen molar-refractivity contribution in [3.63, 3.8) is 0 Å². The number of anilines is 1. The third-order valence-corrected chi connectivity index (χ3v) is 6.10. The first-order valence-electron chi connectivity index (χ1n) is 10.5. The van der Waals surface area contributed by atoms with E-state index in [4.69, 9.17) is 21.1 Å². The zero-order valence-corrected chi connectivity index (χ0v) is 21.2. The van der Waals surface area contributed by atoms with Crippen molar-refractivity contribution in [1.82, 2.24) is 4.90 Å². The molecular formula is C24H30BrClN2O4. The summed E-state index contributed by atoms with van der Waals surface area (Å²) in [6.07, 6.45) is -0.261. The molecule has 1 aliphatic rings. The molecule has 1 N–H and O–H groups in total. The van der Waals surface area contributed by atoms with E-state index in [1.54, 1.807) is 4.90 Å². The van der Waals surface area contributed by atoms with E-state index in [0.29, 0.717) is 36.4 Å². The fraction of sp³-hybridized carbons (Fsp3) is 0.458. The van der Waals surface area contributed by atoms with Crippen LogP contribution in [0, 0.1) is 5.92 Å². The molecule has 2 aromatic rings. The third-order valence-electron chi connectivity index (χ3n) is 5.12. The summed E-state index contributed by atoms with van der Waals surface area (Å²) < 4.78 is 12.3. The maximum atomic E-state index is 12.1. The van der Waals surface area contributed by atoms with Crippen LogP contribution in [0.2, 0.25) is 5.02 Å². The molecule has 0 aromatic heterocycles. The lowest BCUT2D eigenvalue weighted by Crippen LogP contribution is -2.54. The van der Waals surface area contributed by atoms with Gasteiger partial charge in [-0.25, -0.2) is 4.79 Å². The van der Waals surface area contributed by atoms with Crippen LogP contribution in [0.4, 0.5) is 10.5 Å². The van der Waals surface area contributed by atoms with Crippen LogP contribution in [0.15, 0.2) is 40.9 Å². The van der Waals surface area contributed by atoms with Gasteiger partial charge in [-0.05, 0) is 50.6 Å². The molecule has 6 nitrogen and oxygen atoms in total. The summed E-state index contributed by atoms with van der Waals surface area (Å²) in [6, 6.07) is 11.3. The van der Waals surface area contributed by atoms with Crippen LogP contribution in [0.1, 0.15) is 31.9 Å². The molecule has 0 unspecified atom stereocenters. The highest BCUT2D eigenvalue weighted by molar-refractivity contribution is 9.10.